The molecule has 1 N–H and O–H groups in total. The number of carboxylic acid groups (broad SMARTS) is 1. The van der Waals surface area contributed by atoms with Gasteiger partial charge in [0.05, 0.1) is 5.92 Å². The van der Waals surface area contributed by atoms with E-state index in [2.05, 4.69) is 0 Å². The van der Waals surface area contributed by atoms with Crippen LogP contribution in [-0.4, -0.2) is 40.6 Å². The zero-order chi connectivity index (χ0) is 29.0. The quantitative estimate of drug-likeness (QED) is 0.410. The predicted octanol–water partition coefficient (Wildman–Crippen LogP) is 6.74. The molecule has 5 rings (SSSR count). The number of nitrogens with zero attached hydrogens (tertiary/aromatic N) is 1. The molecule has 1 saturated carbocycles. The van der Waals surface area contributed by atoms with E-state index in [0.717, 1.165) is 11.1 Å². The normalized spacial score (nSPS) is 29.8. The first kappa shape index (κ1) is 28.6. The topological polar surface area (TPSA) is 57.6 Å². The highest BCUT2D eigenvalue weighted by molar-refractivity contribution is 5.81. The lowest BCUT2D eigenvalue weighted by Gasteiger charge is -2.45. The number of hydrogen-bond donors (Lipinski definition) is 1. The van der Waals surface area contributed by atoms with Crippen molar-refractivity contribution in [1.82, 2.24) is 4.90 Å². The zero-order valence-corrected chi connectivity index (χ0v) is 22.6. The number of halogens is 5. The first-order valence-corrected chi connectivity index (χ1v) is 13.9. The number of rotatable bonds is 5. The van der Waals surface area contributed by atoms with Gasteiger partial charge in [0.25, 0.3) is 0 Å². The summed E-state index contributed by atoms with van der Waals surface area (Å²) in [5.74, 6) is -2.11. The van der Waals surface area contributed by atoms with E-state index < -0.39 is 40.5 Å². The van der Waals surface area contributed by atoms with Gasteiger partial charge in [-0.25, -0.2) is 8.78 Å². The lowest BCUT2D eigenvalue weighted by atomic mass is 9.63. The van der Waals surface area contributed by atoms with Crippen LogP contribution in [0.5, 0.6) is 0 Å². The van der Waals surface area contributed by atoms with Crippen molar-refractivity contribution in [1.29, 1.82) is 0 Å². The number of benzene rings is 2. The molecule has 0 bridgehead atoms. The van der Waals surface area contributed by atoms with E-state index in [9.17, 15) is 36.6 Å². The molecule has 4 nitrogen and oxygen atoms in total. The van der Waals surface area contributed by atoms with Crippen molar-refractivity contribution in [3.05, 3.63) is 70.5 Å². The Labute approximate surface area is 230 Å². The van der Waals surface area contributed by atoms with Gasteiger partial charge in [0.2, 0.25) is 11.6 Å². The molecule has 216 valence electrons. The van der Waals surface area contributed by atoms with Crippen LogP contribution in [0.4, 0.5) is 22.0 Å². The van der Waals surface area contributed by atoms with E-state index in [1.54, 1.807) is 18.2 Å². The monoisotopic (exact) mass is 563 g/mol. The third-order valence-electron chi connectivity index (χ3n) is 9.74. The minimum Gasteiger partial charge on any atom is -0.481 e. The third kappa shape index (κ3) is 4.79. The maximum atomic E-state index is 14.9. The summed E-state index contributed by atoms with van der Waals surface area (Å²) >= 11 is 0. The highest BCUT2D eigenvalue weighted by atomic mass is 19.4. The molecule has 1 amide bonds. The second kappa shape index (κ2) is 10.1. The van der Waals surface area contributed by atoms with Crippen molar-refractivity contribution in [3.8, 4) is 0 Å². The Morgan fingerprint density at radius 3 is 2.48 bits per heavy atom. The molecule has 0 radical (unpaired) electrons. The largest absolute Gasteiger partial charge is 0.481 e. The minimum atomic E-state index is -5.06. The molecule has 0 spiro atoms. The fraction of sp³-hybridized carbons (Fsp3) is 0.548. The number of likely N-dealkylation sites (tertiary alicyclic amines) is 1. The summed E-state index contributed by atoms with van der Waals surface area (Å²) in [6, 6.07) is 10.0. The van der Waals surface area contributed by atoms with Gasteiger partial charge < -0.3 is 10.0 Å². The fourth-order valence-corrected chi connectivity index (χ4v) is 7.50. The van der Waals surface area contributed by atoms with Crippen molar-refractivity contribution < 1.29 is 36.6 Å². The smallest absolute Gasteiger partial charge is 0.426 e. The summed E-state index contributed by atoms with van der Waals surface area (Å²) in [6.07, 6.45) is -1.89. The molecule has 2 fully saturated rings. The number of alkyl halides is 4. The summed E-state index contributed by atoms with van der Waals surface area (Å²) in [5, 5.41) is 9.44. The Kier molecular flexibility index (Phi) is 7.24. The van der Waals surface area contributed by atoms with Crippen LogP contribution in [0.3, 0.4) is 0 Å². The standard InChI is InChI=1S/C31H34F5NO3/c1-18-14-21(28(39)40)6-9-24(18)27(38)37-13-12-30(17-19-4-3-5-23(32)15-19)25-10-8-22(29(2,33)31(34,35)36)16-20(25)7-11-26(30)37/h3-5,8,10,15-16,18,21,24,26H,6-7,9,11-14,17H2,1-2H3,(H,39,40)/t18-,21?,24+,26?,29?,30?/m0/s1. The van der Waals surface area contributed by atoms with Gasteiger partial charge in [-0.3, -0.25) is 9.59 Å². The SMILES string of the molecule is C[C@H]1CC(C(=O)O)CC[C@H]1C(=O)N1CCC2(Cc3cccc(F)c3)c3ccc(C(C)(F)C(F)(F)F)cc3CCC12. The van der Waals surface area contributed by atoms with Crippen LogP contribution in [0.1, 0.15) is 68.2 Å². The van der Waals surface area contributed by atoms with E-state index >= 15 is 0 Å². The maximum absolute atomic E-state index is 14.9. The molecule has 2 aromatic carbocycles. The summed E-state index contributed by atoms with van der Waals surface area (Å²) in [6.45, 7) is 2.88. The van der Waals surface area contributed by atoms with Crippen LogP contribution >= 0.6 is 0 Å². The second-order valence-corrected chi connectivity index (χ2v) is 12.1. The maximum Gasteiger partial charge on any atom is 0.426 e. The molecule has 40 heavy (non-hydrogen) atoms. The summed E-state index contributed by atoms with van der Waals surface area (Å²) in [4.78, 5) is 27.3. The third-order valence-corrected chi connectivity index (χ3v) is 9.74. The van der Waals surface area contributed by atoms with Crippen LogP contribution in [0.15, 0.2) is 42.5 Å². The van der Waals surface area contributed by atoms with E-state index in [1.807, 2.05) is 11.8 Å². The Morgan fingerprint density at radius 1 is 1.07 bits per heavy atom. The summed E-state index contributed by atoms with van der Waals surface area (Å²) in [5.41, 5.74) is -2.49. The van der Waals surface area contributed by atoms with Crippen molar-refractivity contribution in [2.45, 2.75) is 82.1 Å². The van der Waals surface area contributed by atoms with E-state index in [1.165, 1.54) is 24.3 Å². The van der Waals surface area contributed by atoms with Crippen LogP contribution in [-0.2, 0) is 33.5 Å². The number of aryl methyl sites for hydroxylation is 1. The van der Waals surface area contributed by atoms with Crippen molar-refractivity contribution in [2.75, 3.05) is 6.54 Å². The minimum absolute atomic E-state index is 0.0177. The lowest BCUT2D eigenvalue weighted by molar-refractivity contribution is -0.228. The Morgan fingerprint density at radius 2 is 1.82 bits per heavy atom. The Hall–Kier alpha value is -2.97. The molecular formula is C31H34F5NO3. The molecule has 0 aromatic heterocycles. The van der Waals surface area contributed by atoms with Crippen LogP contribution in [0.25, 0.3) is 0 Å². The fourth-order valence-electron chi connectivity index (χ4n) is 7.50. The molecule has 2 aliphatic carbocycles. The first-order valence-electron chi connectivity index (χ1n) is 13.9. The number of carbonyl (C=O) groups is 2. The van der Waals surface area contributed by atoms with Gasteiger partial charge in [-0.2, -0.15) is 13.2 Å². The van der Waals surface area contributed by atoms with Gasteiger partial charge in [0.15, 0.2) is 0 Å². The molecule has 1 saturated heterocycles. The number of carbonyl (C=O) groups excluding carboxylic acids is 1. The first-order chi connectivity index (χ1) is 18.7. The van der Waals surface area contributed by atoms with Gasteiger partial charge in [-0.05, 0) is 92.2 Å². The highest BCUT2D eigenvalue weighted by Gasteiger charge is 2.56. The number of hydrogen-bond acceptors (Lipinski definition) is 2. The molecule has 1 heterocycles. The molecular weight excluding hydrogens is 529 g/mol. The molecule has 3 aliphatic rings. The van der Waals surface area contributed by atoms with Crippen LogP contribution in [0.2, 0.25) is 0 Å². The van der Waals surface area contributed by atoms with Gasteiger partial charge in [0, 0.05) is 23.9 Å². The second-order valence-electron chi connectivity index (χ2n) is 12.1. The average Bonchev–Trinajstić information content (AvgIpc) is 3.26. The molecule has 4 unspecified atom stereocenters. The van der Waals surface area contributed by atoms with Crippen LogP contribution < -0.4 is 0 Å². The van der Waals surface area contributed by atoms with Gasteiger partial charge >= 0.3 is 12.1 Å². The number of fused-ring (bicyclic) bond motifs is 3. The Balaban J connectivity index is 1.51. The molecule has 9 heteroatoms. The lowest BCUT2D eigenvalue weighted by Crippen LogP contribution is -2.51. The van der Waals surface area contributed by atoms with Crippen molar-refractivity contribution in [3.63, 3.8) is 0 Å². The van der Waals surface area contributed by atoms with E-state index in [-0.39, 0.29) is 23.8 Å². The van der Waals surface area contributed by atoms with Crippen LogP contribution in [0, 0.1) is 23.6 Å². The van der Waals surface area contributed by atoms with Gasteiger partial charge in [-0.1, -0.05) is 37.3 Å². The summed E-state index contributed by atoms with van der Waals surface area (Å²) in [7, 11) is 0. The number of aliphatic carboxylic acids is 1. The predicted molar refractivity (Wildman–Crippen MR) is 139 cm³/mol. The number of carboxylic acids is 1. The molecule has 1 aliphatic heterocycles. The van der Waals surface area contributed by atoms with E-state index in [4.69, 9.17) is 0 Å². The van der Waals surface area contributed by atoms with Crippen molar-refractivity contribution >= 4 is 11.9 Å². The highest BCUT2D eigenvalue weighted by Crippen LogP contribution is 2.52. The number of amides is 1. The van der Waals surface area contributed by atoms with Gasteiger partial charge in [0.1, 0.15) is 5.82 Å². The zero-order valence-electron chi connectivity index (χ0n) is 22.6. The summed E-state index contributed by atoms with van der Waals surface area (Å²) < 4.78 is 69.6. The average molecular weight is 564 g/mol. The molecule has 6 atom stereocenters. The molecule has 2 aromatic rings. The Bertz CT molecular complexity index is 1310. The van der Waals surface area contributed by atoms with Crippen molar-refractivity contribution in [2.24, 2.45) is 17.8 Å². The van der Waals surface area contributed by atoms with Gasteiger partial charge in [-0.15, -0.1) is 0 Å². The van der Waals surface area contributed by atoms with E-state index in [0.29, 0.717) is 64.0 Å².